The van der Waals surface area contributed by atoms with E-state index in [0.29, 0.717) is 5.69 Å². The van der Waals surface area contributed by atoms with Crippen LogP contribution in [0.2, 0.25) is 0 Å². The fourth-order valence-electron chi connectivity index (χ4n) is 19.2. The molecule has 0 aliphatic carbocycles. The molecule has 0 spiro atoms. The van der Waals surface area contributed by atoms with Crippen LogP contribution < -0.4 is 26.2 Å². The largest absolute Gasteiger partial charge is 0.311 e. The zero-order valence-corrected chi connectivity index (χ0v) is 69.8. The van der Waals surface area contributed by atoms with Crippen LogP contribution in [-0.4, -0.2) is 20.4 Å². The van der Waals surface area contributed by atoms with Crippen molar-refractivity contribution in [1.29, 1.82) is 0 Å². The van der Waals surface area contributed by atoms with Crippen LogP contribution in [0.25, 0.3) is 147 Å². The minimum atomic E-state index is -0.519. The smallest absolute Gasteiger partial charge is 0.252 e. The molecule has 574 valence electrons. The molecule has 119 heavy (non-hydrogen) atoms. The minimum absolute atomic E-state index is 0.00741. The third-order valence-corrected chi connectivity index (χ3v) is 26.5. The predicted molar refractivity (Wildman–Crippen MR) is 513 cm³/mol. The zero-order valence-electron chi connectivity index (χ0n) is 76.9. The van der Waals surface area contributed by atoms with E-state index < -0.39 is 43.0 Å². The Bertz CT molecular complexity index is 7930. The lowest BCUT2D eigenvalue weighted by atomic mass is 9.33. The monoisotopic (exact) mass is 1560 g/mol. The van der Waals surface area contributed by atoms with Gasteiger partial charge >= 0.3 is 0 Å². The van der Waals surface area contributed by atoms with Crippen molar-refractivity contribution >= 4 is 154 Å². The number of hydrogen-bond acceptors (Lipinski definition) is 3. The molecule has 0 N–H and O–H groups in total. The van der Waals surface area contributed by atoms with Crippen LogP contribution >= 0.6 is 11.3 Å². The van der Waals surface area contributed by atoms with E-state index in [2.05, 4.69) is 387 Å². The van der Waals surface area contributed by atoms with Crippen molar-refractivity contribution in [1.82, 2.24) is 13.7 Å². The normalized spacial score (nSPS) is 14.1. The van der Waals surface area contributed by atoms with Gasteiger partial charge in [0.25, 0.3) is 6.71 Å². The summed E-state index contributed by atoms with van der Waals surface area (Å²) in [7, 11) is 0. The third-order valence-electron chi connectivity index (χ3n) is 25.3. The number of anilines is 6. The van der Waals surface area contributed by atoms with E-state index in [4.69, 9.17) is 0 Å². The number of hydrogen-bond donors (Lipinski definition) is 0. The lowest BCUT2D eigenvalue weighted by Gasteiger charge is -2.45. The summed E-state index contributed by atoms with van der Waals surface area (Å²) >= 11 is 1.78. The predicted octanol–water partition coefficient (Wildman–Crippen LogP) is 29.3. The summed E-state index contributed by atoms with van der Waals surface area (Å²) in [6.07, 6.45) is 0. The van der Waals surface area contributed by atoms with Gasteiger partial charge in [0.1, 0.15) is 0 Å². The van der Waals surface area contributed by atoms with Gasteiger partial charge in [-0.3, -0.25) is 0 Å². The highest BCUT2D eigenvalue weighted by atomic mass is 32.1. The Kier molecular flexibility index (Phi) is 14.3. The third kappa shape index (κ3) is 11.5. The van der Waals surface area contributed by atoms with E-state index in [1.807, 2.05) is 6.07 Å². The van der Waals surface area contributed by atoms with Gasteiger partial charge in [-0.2, -0.15) is 0 Å². The Labute approximate surface area is 712 Å². The second-order valence-electron chi connectivity index (χ2n) is 36.7. The van der Waals surface area contributed by atoms with Gasteiger partial charge in [-0.15, -0.1) is 11.3 Å². The highest BCUT2D eigenvalue weighted by Crippen LogP contribution is 2.55. The summed E-state index contributed by atoms with van der Waals surface area (Å²) in [5.41, 5.74) is 27.3. The van der Waals surface area contributed by atoms with Crippen LogP contribution in [-0.2, 0) is 21.7 Å². The van der Waals surface area contributed by atoms with Crippen molar-refractivity contribution in [3.8, 4) is 61.6 Å². The number of para-hydroxylation sites is 5. The second-order valence-corrected chi connectivity index (χ2v) is 37.7. The topological polar surface area (TPSA) is 21.3 Å². The van der Waals surface area contributed by atoms with Crippen molar-refractivity contribution < 1.29 is 11.0 Å². The van der Waals surface area contributed by atoms with Crippen LogP contribution in [0.4, 0.5) is 34.1 Å². The molecule has 2 aliphatic heterocycles. The molecule has 0 radical (unpaired) electrons. The molecule has 0 fully saturated rings. The number of rotatable bonds is 9. The van der Waals surface area contributed by atoms with Gasteiger partial charge < -0.3 is 23.5 Å². The first-order valence-corrected chi connectivity index (χ1v) is 42.3. The average molecular weight is 1560 g/mol. The molecule has 0 unspecified atom stereocenters. The maximum Gasteiger partial charge on any atom is 0.252 e. The van der Waals surface area contributed by atoms with Crippen molar-refractivity contribution in [2.75, 3.05) is 9.80 Å². The molecular weight excluding hydrogens is 1460 g/mol. The standard InChI is InChI=1S/C112H92BN5S/c1-109(2,3)74-51-57-98-90(64-74)91-65-75(110(4,5)6)52-58-99(91)114(98)79-53-55-93-102(66-79)117(97-56-50-71(69-31-16-13-17-32-69)61-89(97)70-33-18-14-19-34-70)103-67-80(115-94-45-25-22-37-81(94)82-38-23-26-46-95(82)115)68-104-105(103)113(93)92-54-49-72(73-59-76(111(7,8)9)63-77(60-73)112(10,11)12)62-101(92)118(104)100-48-30-44-88-87-43-29-42-86(107(87)119-108(88)100)85-41-28-40-84-83-39-24-27-47-96(83)116(106(84)85)78-35-20-15-21-36-78/h13-68H,1-12H3/i22D,23D,25D,26D,37D,38D,45D,46D. The van der Waals surface area contributed by atoms with Gasteiger partial charge in [0.15, 0.2) is 0 Å². The minimum Gasteiger partial charge on any atom is -0.311 e. The van der Waals surface area contributed by atoms with Crippen LogP contribution in [0.15, 0.2) is 340 Å². The molecule has 5 nitrogen and oxygen atoms in total. The van der Waals surface area contributed by atoms with Crippen LogP contribution in [0.3, 0.4) is 0 Å². The van der Waals surface area contributed by atoms with Crippen molar-refractivity contribution in [3.63, 3.8) is 0 Å². The molecule has 2 aliphatic rings. The quantitative estimate of drug-likeness (QED) is 0.134. The summed E-state index contributed by atoms with van der Waals surface area (Å²) in [6.45, 7) is 26.9. The molecule has 20 aromatic rings. The first-order chi connectivity index (χ1) is 60.9. The lowest BCUT2D eigenvalue weighted by Crippen LogP contribution is -2.61. The first-order valence-electron chi connectivity index (χ1n) is 45.5. The molecule has 4 aromatic heterocycles. The zero-order chi connectivity index (χ0) is 87.8. The highest BCUT2D eigenvalue weighted by Gasteiger charge is 2.46. The number of fused-ring (bicyclic) bond motifs is 16. The fraction of sp³-hybridized carbons (Fsp3) is 0.143. The van der Waals surface area contributed by atoms with E-state index in [-0.39, 0.29) is 55.6 Å². The molecule has 0 atom stereocenters. The molecule has 0 saturated heterocycles. The average Bonchev–Trinajstić information content (AvgIpc) is 1.62. The molecular formula is C112H92BN5S. The van der Waals surface area contributed by atoms with Gasteiger partial charge in [0.05, 0.1) is 65.8 Å². The maximum atomic E-state index is 10.3. The molecule has 7 heteroatoms. The number of benzene rings is 16. The summed E-state index contributed by atoms with van der Waals surface area (Å²) in [6, 6.07) is 103. The van der Waals surface area contributed by atoms with Crippen molar-refractivity contribution in [3.05, 3.63) is 362 Å². The van der Waals surface area contributed by atoms with Crippen LogP contribution in [0, 0.1) is 0 Å². The van der Waals surface area contributed by atoms with E-state index in [1.165, 1.54) is 22.3 Å². The van der Waals surface area contributed by atoms with Crippen LogP contribution in [0.5, 0.6) is 0 Å². The Morgan fingerprint density at radius 2 is 0.748 bits per heavy atom. The number of aromatic nitrogens is 3. The van der Waals surface area contributed by atoms with Gasteiger partial charge in [-0.1, -0.05) is 320 Å². The van der Waals surface area contributed by atoms with Crippen molar-refractivity contribution in [2.24, 2.45) is 0 Å². The maximum absolute atomic E-state index is 10.3. The Morgan fingerprint density at radius 3 is 1.38 bits per heavy atom. The molecule has 0 saturated carbocycles. The van der Waals surface area contributed by atoms with E-state index in [0.717, 1.165) is 170 Å². The molecule has 16 aromatic carbocycles. The summed E-state index contributed by atoms with van der Waals surface area (Å²) in [5, 5.41) is 6.76. The first kappa shape index (κ1) is 64.0. The summed E-state index contributed by atoms with van der Waals surface area (Å²) < 4.78 is 87.3. The highest BCUT2D eigenvalue weighted by molar-refractivity contribution is 7.27. The van der Waals surface area contributed by atoms with Gasteiger partial charge in [-0.05, 0) is 191 Å². The van der Waals surface area contributed by atoms with Gasteiger partial charge in [0.2, 0.25) is 0 Å². The van der Waals surface area contributed by atoms with Crippen molar-refractivity contribution in [2.45, 2.75) is 105 Å². The summed E-state index contributed by atoms with van der Waals surface area (Å²) in [4.78, 5) is 4.89. The van der Waals surface area contributed by atoms with Gasteiger partial charge in [0, 0.05) is 98.6 Å². The Hall–Kier alpha value is -13.2. The molecule has 6 heterocycles. The van der Waals surface area contributed by atoms with E-state index >= 15 is 0 Å². The summed E-state index contributed by atoms with van der Waals surface area (Å²) in [5.74, 6) is 0. The number of thiophene rings is 1. The fourth-order valence-corrected chi connectivity index (χ4v) is 20.5. The molecule has 0 bridgehead atoms. The molecule has 0 amide bonds. The Morgan fingerprint density at radius 1 is 0.261 bits per heavy atom. The second kappa shape index (κ2) is 26.7. The number of nitrogens with zero attached hydrogens (tertiary/aromatic N) is 5. The van der Waals surface area contributed by atoms with Gasteiger partial charge in [-0.25, -0.2) is 0 Å². The van der Waals surface area contributed by atoms with E-state index in [1.54, 1.807) is 15.9 Å². The molecule has 22 rings (SSSR count). The van der Waals surface area contributed by atoms with E-state index in [9.17, 15) is 11.0 Å². The van der Waals surface area contributed by atoms with Crippen LogP contribution in [0.1, 0.15) is 116 Å². The lowest BCUT2D eigenvalue weighted by molar-refractivity contribution is 0.569. The Balaban J connectivity index is 0.914. The SMILES string of the molecule is [2H]c1c([2H])c([2H])c2c(c1[2H])c1c([2H])c([2H])c([2H])c([2H])c1n2-c1cc2c3c(c1)N(c1cccc4c1sc1c(-c5cccc6c7ccccc7n(-c7ccccc7)c56)cccc14)c1cc(-c4cc(C(C)(C)C)cc(C(C)(C)C)c4)ccc1B3c1ccc(-n3c4ccc(C(C)(C)C)cc4c4cc(C(C)(C)C)ccc43)cc1N2c1ccc(-c2ccccc2)cc1-c1ccccc1.